The molecule has 0 spiro atoms. The SMILES string of the molecule is CCOC(=O)C1CC(N2C(=O)c3ccccc3C2=O)C1. The van der Waals surface area contributed by atoms with E-state index in [1.54, 1.807) is 31.2 Å². The fraction of sp³-hybridized carbons (Fsp3) is 0.400. The van der Waals surface area contributed by atoms with Crippen LogP contribution in [0, 0.1) is 5.92 Å². The Morgan fingerprint density at radius 2 is 1.75 bits per heavy atom. The van der Waals surface area contributed by atoms with E-state index in [2.05, 4.69) is 0 Å². The monoisotopic (exact) mass is 273 g/mol. The van der Waals surface area contributed by atoms with Gasteiger partial charge >= 0.3 is 5.97 Å². The van der Waals surface area contributed by atoms with Gasteiger partial charge in [0.25, 0.3) is 11.8 Å². The predicted octanol–water partition coefficient (Wildman–Crippen LogP) is 1.62. The van der Waals surface area contributed by atoms with Crippen molar-refractivity contribution in [3.05, 3.63) is 35.4 Å². The van der Waals surface area contributed by atoms with Gasteiger partial charge in [0, 0.05) is 6.04 Å². The average Bonchev–Trinajstić information content (AvgIpc) is 2.63. The number of nitrogens with zero attached hydrogens (tertiary/aromatic N) is 1. The number of hydrogen-bond donors (Lipinski definition) is 0. The lowest BCUT2D eigenvalue weighted by molar-refractivity contribution is -0.152. The fourth-order valence-corrected chi connectivity index (χ4v) is 2.79. The Morgan fingerprint density at radius 3 is 2.25 bits per heavy atom. The van der Waals surface area contributed by atoms with Gasteiger partial charge in [0.2, 0.25) is 0 Å². The first-order valence-electron chi connectivity index (χ1n) is 6.77. The number of esters is 1. The molecule has 0 unspecified atom stereocenters. The summed E-state index contributed by atoms with van der Waals surface area (Å²) < 4.78 is 4.94. The van der Waals surface area contributed by atoms with E-state index in [4.69, 9.17) is 4.74 Å². The summed E-state index contributed by atoms with van der Waals surface area (Å²) in [5.41, 5.74) is 0.911. The van der Waals surface area contributed by atoms with Crippen LogP contribution in [0.2, 0.25) is 0 Å². The van der Waals surface area contributed by atoms with Gasteiger partial charge in [0.15, 0.2) is 0 Å². The third kappa shape index (κ3) is 1.81. The molecule has 0 radical (unpaired) electrons. The maximum atomic E-state index is 12.2. The zero-order valence-corrected chi connectivity index (χ0v) is 11.2. The molecule has 2 amide bonds. The molecule has 1 aromatic carbocycles. The highest BCUT2D eigenvalue weighted by molar-refractivity contribution is 6.21. The Hall–Kier alpha value is -2.17. The van der Waals surface area contributed by atoms with Gasteiger partial charge in [-0.3, -0.25) is 19.3 Å². The van der Waals surface area contributed by atoms with Gasteiger partial charge in [-0.15, -0.1) is 0 Å². The van der Waals surface area contributed by atoms with E-state index in [1.807, 2.05) is 0 Å². The minimum atomic E-state index is -0.252. The maximum absolute atomic E-state index is 12.2. The van der Waals surface area contributed by atoms with Crippen molar-refractivity contribution in [3.63, 3.8) is 0 Å². The Morgan fingerprint density at radius 1 is 1.20 bits per heavy atom. The van der Waals surface area contributed by atoms with E-state index in [9.17, 15) is 14.4 Å². The van der Waals surface area contributed by atoms with Gasteiger partial charge in [0.05, 0.1) is 23.7 Å². The van der Waals surface area contributed by atoms with E-state index in [0.29, 0.717) is 30.6 Å². The summed E-state index contributed by atoms with van der Waals surface area (Å²) in [6.45, 7) is 2.12. The maximum Gasteiger partial charge on any atom is 0.309 e. The molecular weight excluding hydrogens is 258 g/mol. The molecule has 1 aliphatic carbocycles. The zero-order valence-electron chi connectivity index (χ0n) is 11.2. The summed E-state index contributed by atoms with van der Waals surface area (Å²) in [4.78, 5) is 37.3. The number of carbonyl (C=O) groups excluding carboxylic acids is 3. The van der Waals surface area contributed by atoms with Crippen molar-refractivity contribution in [1.82, 2.24) is 4.90 Å². The van der Waals surface area contributed by atoms with Gasteiger partial charge in [-0.1, -0.05) is 12.1 Å². The number of carbonyl (C=O) groups is 3. The quantitative estimate of drug-likeness (QED) is 0.620. The molecule has 5 heteroatoms. The minimum absolute atomic E-state index is 0.184. The molecule has 0 aromatic heterocycles. The van der Waals surface area contributed by atoms with E-state index in [-0.39, 0.29) is 29.7 Å². The summed E-state index contributed by atoms with van der Waals surface area (Å²) in [6.07, 6.45) is 1.01. The summed E-state index contributed by atoms with van der Waals surface area (Å²) in [5, 5.41) is 0. The second-order valence-electron chi connectivity index (χ2n) is 5.10. The van der Waals surface area contributed by atoms with E-state index >= 15 is 0 Å². The minimum Gasteiger partial charge on any atom is -0.466 e. The Balaban J connectivity index is 1.71. The van der Waals surface area contributed by atoms with Crippen LogP contribution in [0.15, 0.2) is 24.3 Å². The number of fused-ring (bicyclic) bond motifs is 1. The summed E-state index contributed by atoms with van der Waals surface area (Å²) in [6, 6.07) is 6.64. The number of rotatable bonds is 3. The first-order chi connectivity index (χ1) is 9.63. The van der Waals surface area contributed by atoms with Crippen molar-refractivity contribution < 1.29 is 19.1 Å². The van der Waals surface area contributed by atoms with Crippen LogP contribution in [-0.2, 0) is 9.53 Å². The number of ether oxygens (including phenoxy) is 1. The smallest absolute Gasteiger partial charge is 0.309 e. The summed E-state index contributed by atoms with van der Waals surface area (Å²) >= 11 is 0. The summed E-state index contributed by atoms with van der Waals surface area (Å²) in [7, 11) is 0. The van der Waals surface area contributed by atoms with Crippen molar-refractivity contribution in [2.45, 2.75) is 25.8 Å². The molecule has 3 rings (SSSR count). The molecule has 1 aromatic rings. The van der Waals surface area contributed by atoms with Crippen molar-refractivity contribution in [1.29, 1.82) is 0 Å². The molecular formula is C15H15NO4. The van der Waals surface area contributed by atoms with Crippen molar-refractivity contribution in [3.8, 4) is 0 Å². The molecule has 0 saturated heterocycles. The van der Waals surface area contributed by atoms with Crippen LogP contribution in [0.25, 0.3) is 0 Å². The lowest BCUT2D eigenvalue weighted by atomic mass is 9.79. The molecule has 104 valence electrons. The molecule has 1 fully saturated rings. The second-order valence-corrected chi connectivity index (χ2v) is 5.10. The van der Waals surface area contributed by atoms with Gasteiger partial charge in [-0.25, -0.2) is 0 Å². The van der Waals surface area contributed by atoms with Crippen molar-refractivity contribution in [2.24, 2.45) is 5.92 Å². The average molecular weight is 273 g/mol. The Bertz CT molecular complexity index is 554. The molecule has 1 heterocycles. The lowest BCUT2D eigenvalue weighted by Crippen LogP contribution is -2.49. The molecule has 20 heavy (non-hydrogen) atoms. The number of hydrogen-bond acceptors (Lipinski definition) is 4. The molecule has 2 aliphatic rings. The fourth-order valence-electron chi connectivity index (χ4n) is 2.79. The van der Waals surface area contributed by atoms with Gasteiger partial charge < -0.3 is 4.74 Å². The van der Waals surface area contributed by atoms with E-state index in [0.717, 1.165) is 0 Å². The lowest BCUT2D eigenvalue weighted by Gasteiger charge is -2.38. The summed E-state index contributed by atoms with van der Waals surface area (Å²) in [5.74, 6) is -0.930. The van der Waals surface area contributed by atoms with Crippen LogP contribution in [0.5, 0.6) is 0 Å². The van der Waals surface area contributed by atoms with Gasteiger partial charge in [0.1, 0.15) is 0 Å². The number of amides is 2. The second kappa shape index (κ2) is 4.74. The van der Waals surface area contributed by atoms with Crippen LogP contribution >= 0.6 is 0 Å². The van der Waals surface area contributed by atoms with Crippen molar-refractivity contribution >= 4 is 17.8 Å². The topological polar surface area (TPSA) is 63.7 Å². The molecule has 0 bridgehead atoms. The standard InChI is InChI=1S/C15H15NO4/c1-2-20-15(19)9-7-10(8-9)16-13(17)11-5-3-4-6-12(11)14(16)18/h3-6,9-10H,2,7-8H2,1H3. The third-order valence-electron chi connectivity index (χ3n) is 3.92. The third-order valence-corrected chi connectivity index (χ3v) is 3.92. The highest BCUT2D eigenvalue weighted by atomic mass is 16.5. The van der Waals surface area contributed by atoms with Crippen LogP contribution in [-0.4, -0.2) is 35.3 Å². The first kappa shape index (κ1) is 12.8. The first-order valence-corrected chi connectivity index (χ1v) is 6.77. The predicted molar refractivity (Wildman–Crippen MR) is 70.1 cm³/mol. The molecule has 0 N–H and O–H groups in total. The van der Waals surface area contributed by atoms with E-state index < -0.39 is 0 Å². The zero-order chi connectivity index (χ0) is 14.3. The van der Waals surface area contributed by atoms with Crippen LogP contribution in [0.3, 0.4) is 0 Å². The number of benzene rings is 1. The highest BCUT2D eigenvalue weighted by Crippen LogP contribution is 2.37. The Labute approximate surface area is 116 Å². The molecule has 5 nitrogen and oxygen atoms in total. The largest absolute Gasteiger partial charge is 0.466 e. The van der Waals surface area contributed by atoms with Gasteiger partial charge in [-0.05, 0) is 31.9 Å². The van der Waals surface area contributed by atoms with Crippen LogP contribution in [0.4, 0.5) is 0 Å². The van der Waals surface area contributed by atoms with Crippen molar-refractivity contribution in [2.75, 3.05) is 6.61 Å². The van der Waals surface area contributed by atoms with Gasteiger partial charge in [-0.2, -0.15) is 0 Å². The molecule has 1 saturated carbocycles. The van der Waals surface area contributed by atoms with Crippen LogP contribution < -0.4 is 0 Å². The number of imide groups is 1. The van der Waals surface area contributed by atoms with Crippen LogP contribution in [0.1, 0.15) is 40.5 Å². The highest BCUT2D eigenvalue weighted by Gasteiger charge is 2.47. The molecule has 1 aliphatic heterocycles. The molecule has 0 atom stereocenters. The Kier molecular flexibility index (Phi) is 3.04. The normalized spacial score (nSPS) is 24.4. The van der Waals surface area contributed by atoms with E-state index in [1.165, 1.54) is 4.90 Å².